The standard InChI is InChI=1S/C28H34N8O/c1-4-13-35-27(37)23-18-29-28(30-21-8-10-22(11-9-21)34-16-14-33(3)15-17-34)32-26(23)36(35)24-12-7-20-6-5-19(2)25(20)31-24/h4,7-11,18-19,24H,1,5-6,12-17H2,2-3H3,(H,29,30,32). The average Bonchev–Trinajstić information content (AvgIpc) is 3.41. The molecule has 0 amide bonds. The fraction of sp³-hybridized carbons (Fsp3) is 0.429. The van der Waals surface area contributed by atoms with E-state index in [0.29, 0.717) is 29.4 Å². The molecule has 1 aliphatic carbocycles. The van der Waals surface area contributed by atoms with E-state index in [1.165, 1.54) is 17.0 Å². The van der Waals surface area contributed by atoms with Gasteiger partial charge >= 0.3 is 0 Å². The monoisotopic (exact) mass is 498 g/mol. The van der Waals surface area contributed by atoms with E-state index >= 15 is 0 Å². The van der Waals surface area contributed by atoms with Crippen LogP contribution >= 0.6 is 0 Å². The van der Waals surface area contributed by atoms with Gasteiger partial charge < -0.3 is 15.1 Å². The number of rotatable bonds is 6. The second-order valence-electron chi connectivity index (χ2n) is 10.3. The number of nitrogens with one attached hydrogen (secondary N) is 1. The van der Waals surface area contributed by atoms with Gasteiger partial charge in [-0.15, -0.1) is 6.58 Å². The molecule has 9 heteroatoms. The summed E-state index contributed by atoms with van der Waals surface area (Å²) in [6.45, 7) is 10.7. The molecule has 192 valence electrons. The highest BCUT2D eigenvalue weighted by Gasteiger charge is 2.30. The lowest BCUT2D eigenvalue weighted by Gasteiger charge is -2.34. The number of aliphatic imine (C=N–C) groups is 1. The summed E-state index contributed by atoms with van der Waals surface area (Å²) in [6, 6.07) is 8.37. The summed E-state index contributed by atoms with van der Waals surface area (Å²) in [6.07, 6.45) is 8.39. The number of anilines is 3. The number of nitrogens with zero attached hydrogens (tertiary/aromatic N) is 7. The Kier molecular flexibility index (Phi) is 6.16. The topological polar surface area (TPSA) is 83.6 Å². The van der Waals surface area contributed by atoms with Gasteiger partial charge in [0.25, 0.3) is 5.56 Å². The minimum atomic E-state index is -0.213. The molecule has 0 bridgehead atoms. The molecule has 0 spiro atoms. The second-order valence-corrected chi connectivity index (χ2v) is 10.3. The molecule has 1 saturated heterocycles. The Labute approximate surface area is 216 Å². The van der Waals surface area contributed by atoms with Gasteiger partial charge in [-0.1, -0.05) is 19.1 Å². The van der Waals surface area contributed by atoms with Gasteiger partial charge in [0, 0.05) is 55.9 Å². The molecule has 2 aromatic heterocycles. The van der Waals surface area contributed by atoms with Gasteiger partial charge in [0.1, 0.15) is 11.6 Å². The highest BCUT2D eigenvalue weighted by Crippen LogP contribution is 2.35. The number of aromatic nitrogens is 4. The number of dihydropyridines is 1. The first-order valence-corrected chi connectivity index (χ1v) is 13.2. The molecule has 3 aliphatic rings. The predicted molar refractivity (Wildman–Crippen MR) is 149 cm³/mol. The highest BCUT2D eigenvalue weighted by atomic mass is 16.1. The lowest BCUT2D eigenvalue weighted by molar-refractivity contribution is 0.313. The zero-order valence-electron chi connectivity index (χ0n) is 21.6. The van der Waals surface area contributed by atoms with Crippen molar-refractivity contribution < 1.29 is 0 Å². The Hall–Kier alpha value is -3.72. The Morgan fingerprint density at radius 2 is 1.95 bits per heavy atom. The lowest BCUT2D eigenvalue weighted by atomic mass is 10.0. The number of likely N-dealkylation sites (N-methyl/N-ethyl adjacent to an activating group) is 1. The van der Waals surface area contributed by atoms with Gasteiger partial charge in [0.15, 0.2) is 5.65 Å². The van der Waals surface area contributed by atoms with Crippen LogP contribution in [0.25, 0.3) is 11.0 Å². The molecule has 2 atom stereocenters. The maximum atomic E-state index is 13.3. The van der Waals surface area contributed by atoms with E-state index in [-0.39, 0.29) is 11.7 Å². The van der Waals surface area contributed by atoms with E-state index in [2.05, 4.69) is 71.0 Å². The van der Waals surface area contributed by atoms with Crippen LogP contribution in [0, 0.1) is 5.92 Å². The molecule has 0 radical (unpaired) electrons. The molecule has 2 fully saturated rings. The van der Waals surface area contributed by atoms with Crippen molar-refractivity contribution in [3.8, 4) is 0 Å². The van der Waals surface area contributed by atoms with Gasteiger partial charge in [-0.2, -0.15) is 4.98 Å². The summed E-state index contributed by atoms with van der Waals surface area (Å²) in [4.78, 5) is 32.4. The minimum absolute atomic E-state index is 0.118. The number of hydrogen-bond donors (Lipinski definition) is 1. The van der Waals surface area contributed by atoms with Gasteiger partial charge in [-0.25, -0.2) is 14.3 Å². The number of allylic oxidation sites excluding steroid dienone is 2. The number of benzene rings is 1. The maximum Gasteiger partial charge on any atom is 0.278 e. The third kappa shape index (κ3) is 4.37. The summed E-state index contributed by atoms with van der Waals surface area (Å²) >= 11 is 0. The van der Waals surface area contributed by atoms with Crippen LogP contribution in [0.4, 0.5) is 17.3 Å². The van der Waals surface area contributed by atoms with E-state index in [9.17, 15) is 4.79 Å². The van der Waals surface area contributed by atoms with Crippen LogP contribution < -0.4 is 15.8 Å². The lowest BCUT2D eigenvalue weighted by Crippen LogP contribution is -2.44. The Morgan fingerprint density at radius 1 is 1.16 bits per heavy atom. The number of hydrogen-bond acceptors (Lipinski definition) is 7. The van der Waals surface area contributed by atoms with Crippen molar-refractivity contribution in [2.24, 2.45) is 10.9 Å². The zero-order valence-corrected chi connectivity index (χ0v) is 21.6. The Balaban J connectivity index is 1.31. The van der Waals surface area contributed by atoms with Gasteiger partial charge in [-0.05, 0) is 55.6 Å². The van der Waals surface area contributed by atoms with Crippen LogP contribution in [0.5, 0.6) is 0 Å². The first-order chi connectivity index (χ1) is 18.0. The van der Waals surface area contributed by atoms with Crippen LogP contribution in [0.15, 0.2) is 64.6 Å². The van der Waals surface area contributed by atoms with E-state index in [1.54, 1.807) is 17.0 Å². The summed E-state index contributed by atoms with van der Waals surface area (Å²) in [5, 5.41) is 3.82. The molecule has 1 aromatic carbocycles. The molecule has 4 heterocycles. The first-order valence-electron chi connectivity index (χ1n) is 13.2. The smallest absolute Gasteiger partial charge is 0.278 e. The molecule has 3 aromatic rings. The molecular weight excluding hydrogens is 464 g/mol. The third-order valence-electron chi connectivity index (χ3n) is 7.79. The Bertz CT molecular complexity index is 1440. The molecule has 6 rings (SSSR count). The summed E-state index contributed by atoms with van der Waals surface area (Å²) in [5.41, 5.74) is 5.12. The van der Waals surface area contributed by atoms with Gasteiger partial charge in [0.05, 0.1) is 6.54 Å². The van der Waals surface area contributed by atoms with Gasteiger partial charge in [0.2, 0.25) is 5.95 Å². The van der Waals surface area contributed by atoms with Gasteiger partial charge in [-0.3, -0.25) is 9.79 Å². The van der Waals surface area contributed by atoms with E-state index in [4.69, 9.17) is 9.98 Å². The van der Waals surface area contributed by atoms with Crippen molar-refractivity contribution in [2.75, 3.05) is 43.4 Å². The van der Waals surface area contributed by atoms with Crippen LogP contribution in [0.2, 0.25) is 0 Å². The quantitative estimate of drug-likeness (QED) is 0.518. The average molecular weight is 499 g/mol. The maximum absolute atomic E-state index is 13.3. The Morgan fingerprint density at radius 3 is 2.70 bits per heavy atom. The minimum Gasteiger partial charge on any atom is -0.369 e. The fourth-order valence-electron chi connectivity index (χ4n) is 5.64. The van der Waals surface area contributed by atoms with Crippen molar-refractivity contribution >= 4 is 34.1 Å². The van der Waals surface area contributed by atoms with E-state index in [0.717, 1.165) is 51.1 Å². The molecule has 1 N–H and O–H groups in total. The summed E-state index contributed by atoms with van der Waals surface area (Å²) in [5.74, 6) is 0.898. The second kappa shape index (κ2) is 9.63. The fourth-order valence-corrected chi connectivity index (χ4v) is 5.64. The molecule has 2 aliphatic heterocycles. The van der Waals surface area contributed by atoms with Crippen LogP contribution in [-0.2, 0) is 6.54 Å². The normalized spacial score (nSPS) is 22.1. The van der Waals surface area contributed by atoms with E-state index < -0.39 is 0 Å². The van der Waals surface area contributed by atoms with Crippen LogP contribution in [0.3, 0.4) is 0 Å². The van der Waals surface area contributed by atoms with Crippen molar-refractivity contribution in [3.63, 3.8) is 0 Å². The zero-order chi connectivity index (χ0) is 25.5. The first kappa shape index (κ1) is 23.7. The van der Waals surface area contributed by atoms with Crippen molar-refractivity contribution in [3.05, 3.63) is 65.1 Å². The highest BCUT2D eigenvalue weighted by molar-refractivity contribution is 6.04. The molecule has 1 saturated carbocycles. The number of piperazine rings is 1. The SMILES string of the molecule is C=CCn1c(=O)c2cnc(Nc3ccc(N4CCN(C)CC4)cc3)nc2n1C1CC=C2CCC(C)C2=N1. The predicted octanol–water partition coefficient (Wildman–Crippen LogP) is 3.97. The van der Waals surface area contributed by atoms with Crippen molar-refractivity contribution in [2.45, 2.75) is 38.9 Å². The molecule has 37 heavy (non-hydrogen) atoms. The molecular formula is C28H34N8O. The molecule has 9 nitrogen and oxygen atoms in total. The third-order valence-corrected chi connectivity index (χ3v) is 7.79. The van der Waals surface area contributed by atoms with Crippen molar-refractivity contribution in [1.29, 1.82) is 0 Å². The van der Waals surface area contributed by atoms with Crippen LogP contribution in [0.1, 0.15) is 32.4 Å². The van der Waals surface area contributed by atoms with E-state index in [1.807, 2.05) is 4.68 Å². The van der Waals surface area contributed by atoms with Crippen LogP contribution in [-0.4, -0.2) is 63.2 Å². The van der Waals surface area contributed by atoms with Crippen molar-refractivity contribution in [1.82, 2.24) is 24.2 Å². The molecule has 2 unspecified atom stereocenters. The summed E-state index contributed by atoms with van der Waals surface area (Å²) in [7, 11) is 2.16. The largest absolute Gasteiger partial charge is 0.369 e. The number of fused-ring (bicyclic) bond motifs is 2. The summed E-state index contributed by atoms with van der Waals surface area (Å²) < 4.78 is 3.63.